The Morgan fingerprint density at radius 3 is 2.83 bits per heavy atom. The van der Waals surface area contributed by atoms with E-state index in [1.807, 2.05) is 0 Å². The highest BCUT2D eigenvalue weighted by molar-refractivity contribution is 7.68. The normalized spacial score (nSPS) is 8.67. The Bertz CT molecular complexity index is 112. The lowest BCUT2D eigenvalue weighted by atomic mass is 10.7. The monoisotopic (exact) mass is 119 g/mol. The van der Waals surface area contributed by atoms with Crippen LogP contribution in [-0.2, 0) is 0 Å². The van der Waals surface area contributed by atoms with Gasteiger partial charge in [-0.15, -0.1) is 0 Å². The van der Waals surface area contributed by atoms with Crippen molar-refractivity contribution < 1.29 is 5.11 Å². The first kappa shape index (κ1) is 4.02. The molecule has 32 valence electrons. The molecule has 6 heavy (non-hydrogen) atoms. The number of rotatable bonds is 0. The summed E-state index contributed by atoms with van der Waals surface area (Å²) >= 11 is 0. The van der Waals surface area contributed by atoms with Gasteiger partial charge in [0.2, 0.25) is 0 Å². The van der Waals surface area contributed by atoms with Gasteiger partial charge >= 0.3 is 0 Å². The van der Waals surface area contributed by atoms with E-state index < -0.39 is 0 Å². The Morgan fingerprint density at radius 1 is 1.83 bits per heavy atom. The molecule has 0 amide bonds. The lowest BCUT2D eigenvalue weighted by Gasteiger charge is -1.60. The lowest BCUT2D eigenvalue weighted by Crippen LogP contribution is -1.39. The third kappa shape index (κ3) is 0.666. The topological polar surface area (TPSA) is 20.2 Å². The summed E-state index contributed by atoms with van der Waals surface area (Å²) in [7, 11) is 3.06. The van der Waals surface area contributed by atoms with E-state index in [0.717, 1.165) is 0 Å². The molecule has 0 unspecified atom stereocenters. The first-order valence-corrected chi connectivity index (χ1v) is 3.72. The Hall–Kier alpha value is -0.150. The highest BCUT2D eigenvalue weighted by atomic mass is 32.9. The van der Waals surface area contributed by atoms with Gasteiger partial charge in [0.15, 0.2) is 16.1 Å². The largest absolute Gasteiger partial charge is 0.503 e. The fourth-order valence-electron chi connectivity index (χ4n) is 0.182. The van der Waals surface area contributed by atoms with Crippen molar-refractivity contribution in [1.82, 2.24) is 0 Å². The molecule has 1 aromatic heterocycles. The van der Waals surface area contributed by atoms with Gasteiger partial charge in [-0.05, 0) is 0 Å². The average molecular weight is 119 g/mol. The molecule has 1 rings (SSSR count). The van der Waals surface area contributed by atoms with Crippen LogP contribution in [0.3, 0.4) is 0 Å². The summed E-state index contributed by atoms with van der Waals surface area (Å²) in [5, 5.41) is 11.9. The van der Waals surface area contributed by atoms with Crippen molar-refractivity contribution in [3.05, 3.63) is 10.8 Å². The van der Waals surface area contributed by atoms with Gasteiger partial charge in [-0.25, -0.2) is 0 Å². The Balaban J connectivity index is 3.05. The third-order valence-corrected chi connectivity index (χ3v) is 2.09. The molecule has 1 N–H and O–H groups in total. The van der Waals surface area contributed by atoms with Crippen molar-refractivity contribution in [2.75, 3.05) is 0 Å². The van der Waals surface area contributed by atoms with E-state index in [9.17, 15) is 0 Å². The maximum atomic E-state index is 8.49. The number of hydrogen-bond donors (Lipinski definition) is 1. The molecule has 0 fully saturated rings. The molecule has 0 aliphatic heterocycles. The molecule has 1 heterocycles. The van der Waals surface area contributed by atoms with Crippen LogP contribution in [0.25, 0.3) is 0 Å². The van der Waals surface area contributed by atoms with E-state index >= 15 is 0 Å². The van der Waals surface area contributed by atoms with Crippen LogP contribution in [0.15, 0.2) is 10.8 Å². The molecule has 0 saturated carbocycles. The van der Waals surface area contributed by atoms with Crippen LogP contribution >= 0.6 is 20.7 Å². The summed E-state index contributed by atoms with van der Waals surface area (Å²) in [5.41, 5.74) is 0. The molecule has 1 nitrogen and oxygen atoms in total. The van der Waals surface area contributed by atoms with Gasteiger partial charge in [0.05, 0.1) is 5.38 Å². The van der Waals surface area contributed by atoms with E-state index in [2.05, 4.69) is 0 Å². The van der Waals surface area contributed by atoms with Gasteiger partial charge in [-0.1, -0.05) is 0 Å². The smallest absolute Gasteiger partial charge is 0.295 e. The second kappa shape index (κ2) is 1.53. The minimum absolute atomic E-state index is 0.380. The summed E-state index contributed by atoms with van der Waals surface area (Å²) in [6.07, 6.45) is 0. The molecular weight excluding hydrogens is 116 g/mol. The lowest BCUT2D eigenvalue weighted by molar-refractivity contribution is 0.479. The maximum Gasteiger partial charge on any atom is 0.295 e. The summed E-state index contributed by atoms with van der Waals surface area (Å²) in [6.45, 7) is 0. The van der Waals surface area contributed by atoms with Crippen molar-refractivity contribution >= 4 is 20.7 Å². The molecule has 0 saturated heterocycles. The van der Waals surface area contributed by atoms with Gasteiger partial charge in [-0.3, -0.25) is 0 Å². The van der Waals surface area contributed by atoms with Crippen molar-refractivity contribution in [1.29, 1.82) is 0 Å². The maximum absolute atomic E-state index is 8.49. The van der Waals surface area contributed by atoms with Gasteiger partial charge in [0.1, 0.15) is 0 Å². The molecule has 0 aliphatic rings. The second-order valence-electron chi connectivity index (χ2n) is 0.853. The Kier molecular flexibility index (Phi) is 1.03. The van der Waals surface area contributed by atoms with Crippen molar-refractivity contribution in [3.8, 4) is 5.75 Å². The fraction of sp³-hybridized carbons (Fsp3) is 0. The molecule has 0 radical (unpaired) electrons. The van der Waals surface area contributed by atoms with E-state index in [1.54, 1.807) is 10.8 Å². The third-order valence-electron chi connectivity index (χ3n) is 0.393. The predicted molar refractivity (Wildman–Crippen MR) is 28.3 cm³/mol. The van der Waals surface area contributed by atoms with Crippen LogP contribution < -0.4 is 0 Å². The summed E-state index contributed by atoms with van der Waals surface area (Å²) in [6, 6.07) is 0. The number of hydrogen-bond acceptors (Lipinski definition) is 2. The zero-order valence-corrected chi connectivity index (χ0v) is 4.55. The first-order valence-electron chi connectivity index (χ1n) is 1.44. The van der Waals surface area contributed by atoms with E-state index in [1.165, 1.54) is 20.7 Å². The molecule has 0 aliphatic carbocycles. The highest BCUT2D eigenvalue weighted by Crippen LogP contribution is 2.17. The zero-order valence-electron chi connectivity index (χ0n) is 2.92. The molecule has 0 spiro atoms. The quantitative estimate of drug-likeness (QED) is 0.408. The predicted octanol–water partition coefficient (Wildman–Crippen LogP) is 1.80. The van der Waals surface area contributed by atoms with Crippen LogP contribution in [0, 0.1) is 0 Å². The number of aromatic hydroxyl groups is 1. The first-order chi connectivity index (χ1) is 2.89. The molecule has 3 heteroatoms. The molecule has 1 aromatic rings. The van der Waals surface area contributed by atoms with Crippen molar-refractivity contribution in [3.63, 3.8) is 0 Å². The summed E-state index contributed by atoms with van der Waals surface area (Å²) in [5.74, 6) is 0.380. The van der Waals surface area contributed by atoms with Crippen LogP contribution in [0.2, 0.25) is 0 Å². The van der Waals surface area contributed by atoms with E-state index in [4.69, 9.17) is 5.11 Å². The molecule has 0 bridgehead atoms. The van der Waals surface area contributed by atoms with Gasteiger partial charge in [0.25, 0.3) is 15.7 Å². The van der Waals surface area contributed by atoms with Gasteiger partial charge in [-0.2, -0.15) is 0 Å². The van der Waals surface area contributed by atoms with Gasteiger partial charge in [0, 0.05) is 0 Å². The van der Waals surface area contributed by atoms with E-state index in [0.29, 0.717) is 5.75 Å². The molecule has 0 aromatic carbocycles. The second-order valence-corrected chi connectivity index (χ2v) is 2.86. The minimum Gasteiger partial charge on any atom is -0.503 e. The van der Waals surface area contributed by atoms with Crippen LogP contribution in [0.1, 0.15) is 0 Å². The zero-order chi connectivity index (χ0) is 4.41. The van der Waals surface area contributed by atoms with Crippen molar-refractivity contribution in [2.24, 2.45) is 0 Å². The van der Waals surface area contributed by atoms with E-state index in [-0.39, 0.29) is 0 Å². The SMILES string of the molecule is Oc1cs[s+]c1. The summed E-state index contributed by atoms with van der Waals surface area (Å²) < 4.78 is 0. The van der Waals surface area contributed by atoms with Gasteiger partial charge < -0.3 is 5.11 Å². The molecular formula is C3H3OS2+. The summed E-state index contributed by atoms with van der Waals surface area (Å²) in [4.78, 5) is 0. The highest BCUT2D eigenvalue weighted by Gasteiger charge is 1.93. The Morgan fingerprint density at radius 2 is 2.67 bits per heavy atom. The van der Waals surface area contributed by atoms with Crippen LogP contribution in [0.4, 0.5) is 0 Å². The van der Waals surface area contributed by atoms with Crippen LogP contribution in [0.5, 0.6) is 5.75 Å². The standard InChI is InChI=1S/C3H2OS2/c4-3-1-5-6-2-3/h1-2H/p+1. The Labute approximate surface area is 42.9 Å². The van der Waals surface area contributed by atoms with Crippen LogP contribution in [-0.4, -0.2) is 5.11 Å². The fourth-order valence-corrected chi connectivity index (χ4v) is 1.64. The minimum atomic E-state index is 0.380. The molecule has 0 atom stereocenters. The average Bonchev–Trinajstić information content (AvgIpc) is 1.86. The van der Waals surface area contributed by atoms with Crippen molar-refractivity contribution in [2.45, 2.75) is 0 Å².